The molecule has 2 fully saturated rings. The maximum Gasteiger partial charge on any atom is 0.0450 e. The molecule has 1 heterocycles. The van der Waals surface area contributed by atoms with E-state index in [1.165, 1.54) is 18.7 Å². The molecule has 9 heavy (non-hydrogen) atoms. The van der Waals surface area contributed by atoms with Crippen molar-refractivity contribution in [2.75, 3.05) is 12.9 Å². The molecule has 1 aliphatic heterocycles. The van der Waals surface area contributed by atoms with Crippen LogP contribution in [0.25, 0.3) is 0 Å². The lowest BCUT2D eigenvalue weighted by atomic mass is 10.2. The smallest absolute Gasteiger partial charge is 0.0450 e. The Bertz CT molecular complexity index is 131. The maximum absolute atomic E-state index is 2.46. The van der Waals surface area contributed by atoms with Gasteiger partial charge in [-0.25, -0.2) is 0 Å². The first-order chi connectivity index (χ1) is 4.25. The van der Waals surface area contributed by atoms with Crippen LogP contribution in [0.4, 0.5) is 0 Å². The van der Waals surface area contributed by atoms with Crippen LogP contribution in [0.2, 0.25) is 0 Å². The van der Waals surface area contributed by atoms with Crippen molar-refractivity contribution in [1.82, 2.24) is 4.90 Å². The molecule has 0 aromatic carbocycles. The molecular formula is C7H13NS. The minimum absolute atomic E-state index is 0.717. The Balaban J connectivity index is 2.13. The van der Waals surface area contributed by atoms with Crippen molar-refractivity contribution < 1.29 is 0 Å². The van der Waals surface area contributed by atoms with E-state index in [1.54, 1.807) is 0 Å². The zero-order valence-electron chi connectivity index (χ0n) is 6.05. The largest absolute Gasteiger partial charge is 0.293 e. The van der Waals surface area contributed by atoms with Crippen LogP contribution in [0.3, 0.4) is 0 Å². The average Bonchev–Trinajstić information content (AvgIpc) is 2.57. The molecule has 2 aliphatic rings. The molecule has 1 saturated carbocycles. The summed E-state index contributed by atoms with van der Waals surface area (Å²) in [6, 6.07) is 0.836. The van der Waals surface area contributed by atoms with Crippen molar-refractivity contribution in [3.05, 3.63) is 0 Å². The molecular weight excluding hydrogens is 130 g/mol. The molecule has 0 aromatic heterocycles. The third kappa shape index (κ3) is 0.729. The van der Waals surface area contributed by atoms with Gasteiger partial charge in [0.2, 0.25) is 0 Å². The van der Waals surface area contributed by atoms with Crippen LogP contribution in [0.5, 0.6) is 0 Å². The van der Waals surface area contributed by atoms with Crippen molar-refractivity contribution in [3.63, 3.8) is 0 Å². The maximum atomic E-state index is 2.46. The van der Waals surface area contributed by atoms with Gasteiger partial charge < -0.3 is 0 Å². The van der Waals surface area contributed by atoms with Gasteiger partial charge in [-0.15, -0.1) is 11.8 Å². The van der Waals surface area contributed by atoms with E-state index in [0.717, 1.165) is 10.8 Å². The minimum Gasteiger partial charge on any atom is -0.293 e. The first-order valence-electron chi connectivity index (χ1n) is 3.59. The SMILES string of the molecule is C[C@H]1N(C)CSC12CC2. The first kappa shape index (κ1) is 6.05. The van der Waals surface area contributed by atoms with Crippen molar-refractivity contribution in [2.24, 2.45) is 0 Å². The summed E-state index contributed by atoms with van der Waals surface area (Å²) in [6.45, 7) is 2.35. The van der Waals surface area contributed by atoms with Gasteiger partial charge in [-0.1, -0.05) is 0 Å². The minimum atomic E-state index is 0.717. The summed E-state index contributed by atoms with van der Waals surface area (Å²) < 4.78 is 0.717. The van der Waals surface area contributed by atoms with Crippen LogP contribution in [0, 0.1) is 0 Å². The van der Waals surface area contributed by atoms with Crippen LogP contribution in [-0.4, -0.2) is 28.6 Å². The normalized spacial score (nSPS) is 40.0. The Morgan fingerprint density at radius 1 is 1.56 bits per heavy atom. The summed E-state index contributed by atoms with van der Waals surface area (Å²) in [5, 5.41) is 0. The van der Waals surface area contributed by atoms with Crippen LogP contribution < -0.4 is 0 Å². The van der Waals surface area contributed by atoms with Crippen LogP contribution in [-0.2, 0) is 0 Å². The van der Waals surface area contributed by atoms with E-state index >= 15 is 0 Å². The van der Waals surface area contributed by atoms with Crippen molar-refractivity contribution in [1.29, 1.82) is 0 Å². The predicted octanol–water partition coefficient (Wildman–Crippen LogP) is 1.54. The Hall–Kier alpha value is 0.310. The van der Waals surface area contributed by atoms with Crippen LogP contribution in [0.15, 0.2) is 0 Å². The molecule has 1 aliphatic carbocycles. The second-order valence-electron chi connectivity index (χ2n) is 3.27. The second-order valence-corrected chi connectivity index (χ2v) is 4.63. The summed E-state index contributed by atoms with van der Waals surface area (Å²) in [5.41, 5.74) is 0. The summed E-state index contributed by atoms with van der Waals surface area (Å²) in [4.78, 5) is 2.46. The second kappa shape index (κ2) is 1.67. The van der Waals surface area contributed by atoms with Gasteiger partial charge >= 0.3 is 0 Å². The molecule has 0 N–H and O–H groups in total. The molecule has 1 spiro atoms. The van der Waals surface area contributed by atoms with E-state index in [-0.39, 0.29) is 0 Å². The molecule has 0 radical (unpaired) electrons. The van der Waals surface area contributed by atoms with Gasteiger partial charge in [0.05, 0.1) is 0 Å². The van der Waals surface area contributed by atoms with Gasteiger partial charge in [-0.3, -0.25) is 4.90 Å². The van der Waals surface area contributed by atoms with E-state index in [9.17, 15) is 0 Å². The van der Waals surface area contributed by atoms with E-state index in [0.29, 0.717) is 0 Å². The lowest BCUT2D eigenvalue weighted by Crippen LogP contribution is -2.29. The molecule has 0 amide bonds. The average molecular weight is 143 g/mol. The van der Waals surface area contributed by atoms with E-state index < -0.39 is 0 Å². The number of hydrogen-bond acceptors (Lipinski definition) is 2. The monoisotopic (exact) mass is 143 g/mol. The van der Waals surface area contributed by atoms with Crippen LogP contribution >= 0.6 is 11.8 Å². The molecule has 2 rings (SSSR count). The predicted molar refractivity (Wildman–Crippen MR) is 41.6 cm³/mol. The van der Waals surface area contributed by atoms with Gasteiger partial charge in [0.15, 0.2) is 0 Å². The lowest BCUT2D eigenvalue weighted by Gasteiger charge is -2.17. The fourth-order valence-corrected chi connectivity index (χ4v) is 3.05. The quantitative estimate of drug-likeness (QED) is 0.506. The molecule has 0 bridgehead atoms. The number of hydrogen-bond donors (Lipinski definition) is 0. The topological polar surface area (TPSA) is 3.24 Å². The summed E-state index contributed by atoms with van der Waals surface area (Å²) in [7, 11) is 2.23. The van der Waals surface area contributed by atoms with Gasteiger partial charge in [0.1, 0.15) is 0 Å². The summed E-state index contributed by atoms with van der Waals surface area (Å²) >= 11 is 2.15. The Kier molecular flexibility index (Phi) is 1.12. The Morgan fingerprint density at radius 2 is 2.22 bits per heavy atom. The summed E-state index contributed by atoms with van der Waals surface area (Å²) in [5.74, 6) is 1.25. The molecule has 0 unspecified atom stereocenters. The molecule has 1 nitrogen and oxygen atoms in total. The van der Waals surface area contributed by atoms with Gasteiger partial charge in [0, 0.05) is 16.7 Å². The van der Waals surface area contributed by atoms with Crippen molar-refractivity contribution in [2.45, 2.75) is 30.6 Å². The fourth-order valence-electron chi connectivity index (χ4n) is 1.55. The standard InChI is InChI=1S/C7H13NS/c1-6-7(3-4-7)9-5-8(6)2/h6H,3-5H2,1-2H3/t6-/m1/s1. The zero-order chi connectivity index (χ0) is 6.48. The Labute approximate surface area is 60.8 Å². The van der Waals surface area contributed by atoms with E-state index in [1.807, 2.05) is 0 Å². The fraction of sp³-hybridized carbons (Fsp3) is 1.00. The van der Waals surface area contributed by atoms with Crippen molar-refractivity contribution >= 4 is 11.8 Å². The molecule has 2 heteroatoms. The van der Waals surface area contributed by atoms with Gasteiger partial charge in [0.25, 0.3) is 0 Å². The summed E-state index contributed by atoms with van der Waals surface area (Å²) in [6.07, 6.45) is 2.92. The van der Waals surface area contributed by atoms with Gasteiger partial charge in [-0.05, 0) is 26.8 Å². The number of nitrogens with zero attached hydrogens (tertiary/aromatic N) is 1. The first-order valence-corrected chi connectivity index (χ1v) is 4.57. The molecule has 1 saturated heterocycles. The Morgan fingerprint density at radius 3 is 2.44 bits per heavy atom. The molecule has 52 valence electrons. The number of rotatable bonds is 0. The third-order valence-electron chi connectivity index (χ3n) is 2.72. The van der Waals surface area contributed by atoms with Gasteiger partial charge in [-0.2, -0.15) is 0 Å². The van der Waals surface area contributed by atoms with Crippen LogP contribution in [0.1, 0.15) is 19.8 Å². The lowest BCUT2D eigenvalue weighted by molar-refractivity contribution is 0.311. The molecule has 0 aromatic rings. The van der Waals surface area contributed by atoms with Crippen molar-refractivity contribution in [3.8, 4) is 0 Å². The highest BCUT2D eigenvalue weighted by Gasteiger charge is 2.53. The van der Waals surface area contributed by atoms with E-state index in [2.05, 4.69) is 30.6 Å². The highest BCUT2D eigenvalue weighted by atomic mass is 32.2. The zero-order valence-corrected chi connectivity index (χ0v) is 6.87. The van der Waals surface area contributed by atoms with E-state index in [4.69, 9.17) is 0 Å². The molecule has 1 atom stereocenters. The third-order valence-corrected chi connectivity index (χ3v) is 4.58. The highest BCUT2D eigenvalue weighted by molar-refractivity contribution is 8.01. The highest BCUT2D eigenvalue weighted by Crippen LogP contribution is 2.56. The number of thioether (sulfide) groups is 1.